The van der Waals surface area contributed by atoms with E-state index in [2.05, 4.69) is 0 Å². The van der Waals surface area contributed by atoms with Crippen LogP contribution in [-0.2, 0) is 16.0 Å². The number of ketones is 2. The second-order valence-electron chi connectivity index (χ2n) is 8.41. The third kappa shape index (κ3) is 3.03. The molecule has 0 radical (unpaired) electrons. The van der Waals surface area contributed by atoms with Gasteiger partial charge in [-0.2, -0.15) is 0 Å². The number of hydrogen-bond acceptors (Lipinski definition) is 8. The van der Waals surface area contributed by atoms with Gasteiger partial charge in [0, 0.05) is 16.3 Å². The molecule has 9 nitrogen and oxygen atoms in total. The number of aromatic hydroxyl groups is 2. The highest BCUT2D eigenvalue weighted by Crippen LogP contribution is 2.51. The van der Waals surface area contributed by atoms with Crippen molar-refractivity contribution in [3.63, 3.8) is 0 Å². The number of carbonyl (C=O) groups excluding carboxylic acids is 3. The summed E-state index contributed by atoms with van der Waals surface area (Å²) in [5, 5.41) is 44.0. The number of aliphatic hydroxyl groups is 2. The predicted octanol–water partition coefficient (Wildman–Crippen LogP) is 1.53. The molecule has 33 heavy (non-hydrogen) atoms. The van der Waals surface area contributed by atoms with Crippen molar-refractivity contribution in [3.05, 3.63) is 45.2 Å². The van der Waals surface area contributed by atoms with Gasteiger partial charge in [-0.05, 0) is 50.7 Å². The highest BCUT2D eigenvalue weighted by Gasteiger charge is 2.62. The van der Waals surface area contributed by atoms with Gasteiger partial charge in [-0.1, -0.05) is 11.6 Å². The molecular formula is C22H22Cl2N2O7. The van der Waals surface area contributed by atoms with Crippen LogP contribution < -0.4 is 5.73 Å². The van der Waals surface area contributed by atoms with E-state index in [1.807, 2.05) is 0 Å². The van der Waals surface area contributed by atoms with Gasteiger partial charge in [-0.3, -0.25) is 19.3 Å². The van der Waals surface area contributed by atoms with E-state index < -0.39 is 52.1 Å². The molecule has 0 bridgehead atoms. The number of phenols is 2. The van der Waals surface area contributed by atoms with E-state index in [0.29, 0.717) is 16.5 Å². The van der Waals surface area contributed by atoms with Crippen LogP contribution in [0.25, 0.3) is 10.8 Å². The number of Topliss-reactive ketones (excluding diaryl/α,β-unsaturated/α-hetero) is 2. The van der Waals surface area contributed by atoms with Crippen molar-refractivity contribution in [3.8, 4) is 11.5 Å². The van der Waals surface area contributed by atoms with Crippen LogP contribution in [-0.4, -0.2) is 68.5 Å². The van der Waals surface area contributed by atoms with Crippen LogP contribution in [0.1, 0.15) is 21.5 Å². The number of nitrogens with zero attached hydrogens (tertiary/aromatic N) is 1. The molecule has 4 rings (SSSR count). The van der Waals surface area contributed by atoms with Crippen LogP contribution in [0.15, 0.2) is 23.5 Å². The van der Waals surface area contributed by atoms with Crippen molar-refractivity contribution in [1.82, 2.24) is 4.90 Å². The summed E-state index contributed by atoms with van der Waals surface area (Å²) < 4.78 is 0. The van der Waals surface area contributed by atoms with Crippen LogP contribution in [0, 0.1) is 12.8 Å². The fourth-order valence-electron chi connectivity index (χ4n) is 5.10. The van der Waals surface area contributed by atoms with E-state index in [-0.39, 0.29) is 40.5 Å². The molecule has 2 aromatic carbocycles. The number of amides is 1. The number of rotatable bonds is 2. The number of hydrogen-bond donors (Lipinski definition) is 5. The molecular weight excluding hydrogens is 475 g/mol. The first kappa shape index (κ1) is 24.8. The number of nitrogens with two attached hydrogens (primary N) is 1. The van der Waals surface area contributed by atoms with Crippen molar-refractivity contribution in [1.29, 1.82) is 0 Å². The summed E-state index contributed by atoms with van der Waals surface area (Å²) in [5.41, 5.74) is 2.19. The lowest BCUT2D eigenvalue weighted by molar-refractivity contribution is -0.132. The first-order chi connectivity index (χ1) is 14.8. The molecule has 3 atom stereocenters. The molecule has 2 aliphatic carbocycles. The molecule has 2 aliphatic rings. The maximum atomic E-state index is 13.6. The van der Waals surface area contributed by atoms with Gasteiger partial charge in [0.25, 0.3) is 5.91 Å². The Labute approximate surface area is 199 Å². The Kier molecular flexibility index (Phi) is 5.92. The third-order valence-electron chi connectivity index (χ3n) is 6.57. The van der Waals surface area contributed by atoms with Gasteiger partial charge in [0.1, 0.15) is 22.8 Å². The van der Waals surface area contributed by atoms with Crippen LogP contribution in [0.3, 0.4) is 0 Å². The molecule has 0 spiro atoms. The lowest BCUT2D eigenvalue weighted by Crippen LogP contribution is -2.64. The number of primary amides is 1. The zero-order chi connectivity index (χ0) is 23.9. The number of benzene rings is 2. The molecule has 0 saturated heterocycles. The summed E-state index contributed by atoms with van der Waals surface area (Å²) in [7, 11) is 3.06. The van der Waals surface area contributed by atoms with Gasteiger partial charge in [0.05, 0.1) is 17.0 Å². The molecule has 0 aliphatic heterocycles. The Balaban J connectivity index is 0.00000306. The fraction of sp³-hybridized carbons (Fsp3) is 0.318. The zero-order valence-electron chi connectivity index (χ0n) is 17.8. The van der Waals surface area contributed by atoms with Gasteiger partial charge < -0.3 is 26.2 Å². The molecule has 0 fully saturated rings. The summed E-state index contributed by atoms with van der Waals surface area (Å²) in [4.78, 5) is 40.0. The maximum Gasteiger partial charge on any atom is 0.255 e. The fourth-order valence-corrected chi connectivity index (χ4v) is 5.40. The van der Waals surface area contributed by atoms with Crippen molar-refractivity contribution in [2.24, 2.45) is 11.7 Å². The van der Waals surface area contributed by atoms with Crippen LogP contribution in [0.4, 0.5) is 0 Å². The van der Waals surface area contributed by atoms with Crippen LogP contribution >= 0.6 is 24.0 Å². The minimum absolute atomic E-state index is 0. The second-order valence-corrected chi connectivity index (χ2v) is 8.82. The van der Waals surface area contributed by atoms with E-state index in [1.165, 1.54) is 31.1 Å². The summed E-state index contributed by atoms with van der Waals surface area (Å²) in [6, 6.07) is 1.54. The largest absolute Gasteiger partial charge is 0.508 e. The smallest absolute Gasteiger partial charge is 0.255 e. The monoisotopic (exact) mass is 496 g/mol. The number of aliphatic hydroxyl groups excluding tert-OH is 1. The number of aryl methyl sites for hydroxylation is 1. The SMILES string of the molecule is Cc1c2c(c(O)c3c(O)ccc(Cl)c13)C(=O)[C@]1(O)C(O)=C(C(N)=O)C(=O)[C@H](N(C)C)[C@@H]1C2.Cl. The standard InChI is InChI=1S/C22H21ClN2O7.ClH/c1-7-8-6-9-16(25(2)3)18(28)15(21(24)31)20(30)22(9,32)19(29)13(8)17(27)14-11(26)5-4-10(23)12(7)14;/h4-5,9,16,26-27,30,32H,6H2,1-3H3,(H2,24,31);1H/t9-,16+,22-;/m0./s1. The maximum absolute atomic E-state index is 13.6. The normalized spacial score (nSPS) is 24.5. The number of carbonyl (C=O) groups is 3. The summed E-state index contributed by atoms with van der Waals surface area (Å²) in [6.45, 7) is 1.64. The number of phenolic OH excluding ortho intramolecular Hbond substituents is 2. The molecule has 2 aromatic rings. The highest BCUT2D eigenvalue weighted by atomic mass is 35.5. The predicted molar refractivity (Wildman–Crippen MR) is 122 cm³/mol. The Morgan fingerprint density at radius 3 is 2.33 bits per heavy atom. The van der Waals surface area contributed by atoms with Gasteiger partial charge >= 0.3 is 0 Å². The molecule has 0 heterocycles. The van der Waals surface area contributed by atoms with Gasteiger partial charge in [-0.25, -0.2) is 0 Å². The van der Waals surface area contributed by atoms with Gasteiger partial charge in [0.2, 0.25) is 5.78 Å². The summed E-state index contributed by atoms with van der Waals surface area (Å²) >= 11 is 6.31. The van der Waals surface area contributed by atoms with Gasteiger partial charge in [0.15, 0.2) is 11.4 Å². The van der Waals surface area contributed by atoms with Gasteiger partial charge in [-0.15, -0.1) is 12.4 Å². The molecule has 0 saturated carbocycles. The van der Waals surface area contributed by atoms with Crippen molar-refractivity contribution in [2.45, 2.75) is 25.0 Å². The molecule has 0 aromatic heterocycles. The lowest BCUT2D eigenvalue weighted by atomic mass is 9.61. The van der Waals surface area contributed by atoms with Crippen molar-refractivity contribution < 1.29 is 34.8 Å². The minimum Gasteiger partial charge on any atom is -0.508 e. The zero-order valence-corrected chi connectivity index (χ0v) is 19.4. The van der Waals surface area contributed by atoms with E-state index in [1.54, 1.807) is 6.92 Å². The Hall–Kier alpha value is -2.85. The summed E-state index contributed by atoms with van der Waals surface area (Å²) in [5.74, 6) is -6.49. The summed E-state index contributed by atoms with van der Waals surface area (Å²) in [6.07, 6.45) is -0.108. The number of fused-ring (bicyclic) bond motifs is 3. The molecule has 176 valence electrons. The molecule has 1 amide bonds. The molecule has 6 N–H and O–H groups in total. The van der Waals surface area contributed by atoms with E-state index in [9.17, 15) is 34.8 Å². The Morgan fingerprint density at radius 2 is 1.79 bits per heavy atom. The average Bonchev–Trinajstić information content (AvgIpc) is 2.69. The van der Waals surface area contributed by atoms with E-state index in [4.69, 9.17) is 17.3 Å². The molecule has 11 heteroatoms. The first-order valence-electron chi connectivity index (χ1n) is 9.72. The third-order valence-corrected chi connectivity index (χ3v) is 6.88. The van der Waals surface area contributed by atoms with Crippen molar-refractivity contribution in [2.75, 3.05) is 14.1 Å². The Morgan fingerprint density at radius 1 is 1.18 bits per heavy atom. The van der Waals surface area contributed by atoms with Crippen molar-refractivity contribution >= 4 is 52.3 Å². The number of likely N-dealkylation sites (N-methyl/N-ethyl adjacent to an activating group) is 1. The highest BCUT2D eigenvalue weighted by molar-refractivity contribution is 6.37. The van der Waals surface area contributed by atoms with E-state index >= 15 is 0 Å². The second kappa shape index (κ2) is 7.88. The first-order valence-corrected chi connectivity index (χ1v) is 10.1. The average molecular weight is 497 g/mol. The topological polar surface area (TPSA) is 161 Å². The van der Waals surface area contributed by atoms with Crippen LogP contribution in [0.5, 0.6) is 11.5 Å². The van der Waals surface area contributed by atoms with Crippen LogP contribution in [0.2, 0.25) is 5.02 Å². The minimum atomic E-state index is -2.69. The Bertz CT molecular complexity index is 1290. The van der Waals surface area contributed by atoms with E-state index in [0.717, 1.165) is 0 Å². The quantitative estimate of drug-likeness (QED) is 0.391. The number of halogens is 2. The molecule has 0 unspecified atom stereocenters. The lowest BCUT2D eigenvalue weighted by Gasteiger charge is -2.47.